The monoisotopic (exact) mass is 683 g/mol. The molecule has 0 heterocycles. The predicted octanol–water partition coefficient (Wildman–Crippen LogP) is 14.4. The largest absolute Gasteiger partial charge is 0.337 e. The van der Waals surface area contributed by atoms with Gasteiger partial charge in [0, 0.05) is 28.7 Å². The number of fused-ring (bicyclic) bond motifs is 6. The predicted molar refractivity (Wildman–Crippen MR) is 231 cm³/mol. The van der Waals surface area contributed by atoms with Crippen molar-refractivity contribution in [1.29, 1.82) is 0 Å². The lowest BCUT2D eigenvalue weighted by Gasteiger charge is -2.28. The van der Waals surface area contributed by atoms with Gasteiger partial charge in [0.25, 0.3) is 0 Å². The van der Waals surface area contributed by atoms with Crippen molar-refractivity contribution in [1.82, 2.24) is 0 Å². The first-order valence-corrected chi connectivity index (χ1v) is 18.9. The average molecular weight is 684 g/mol. The minimum Gasteiger partial charge on any atom is -0.337 e. The Morgan fingerprint density at radius 1 is 0.623 bits per heavy atom. The van der Waals surface area contributed by atoms with Crippen LogP contribution in [-0.4, -0.2) is 6.54 Å². The van der Waals surface area contributed by atoms with Gasteiger partial charge in [-0.15, -0.1) is 0 Å². The van der Waals surface area contributed by atoms with Crippen molar-refractivity contribution in [3.63, 3.8) is 0 Å². The smallest absolute Gasteiger partial charge is 0.0493 e. The summed E-state index contributed by atoms with van der Waals surface area (Å²) < 4.78 is 0. The molecule has 1 aliphatic carbocycles. The maximum absolute atomic E-state index is 3.83. The summed E-state index contributed by atoms with van der Waals surface area (Å²) in [6, 6.07) is 48.1. The third-order valence-corrected chi connectivity index (χ3v) is 11.6. The molecule has 258 valence electrons. The number of allylic oxidation sites excluding steroid dienone is 4. The van der Waals surface area contributed by atoms with Crippen LogP contribution in [0.2, 0.25) is 0 Å². The molecule has 8 aromatic rings. The highest BCUT2D eigenvalue weighted by atomic mass is 15.1. The second kappa shape index (κ2) is 12.3. The van der Waals surface area contributed by atoms with Crippen molar-refractivity contribution in [2.45, 2.75) is 45.4 Å². The van der Waals surface area contributed by atoms with Crippen LogP contribution >= 0.6 is 0 Å². The van der Waals surface area contributed by atoms with E-state index in [0.29, 0.717) is 0 Å². The maximum Gasteiger partial charge on any atom is 0.0493 e. The minimum atomic E-state index is -0.216. The number of hydrogen-bond acceptors (Lipinski definition) is 1. The van der Waals surface area contributed by atoms with Crippen molar-refractivity contribution in [2.75, 3.05) is 11.4 Å². The quantitative estimate of drug-likeness (QED) is 0.119. The van der Waals surface area contributed by atoms with E-state index in [-0.39, 0.29) is 10.8 Å². The molecule has 9 rings (SSSR count). The maximum atomic E-state index is 3.83. The fourth-order valence-electron chi connectivity index (χ4n) is 9.00. The lowest BCUT2D eigenvalue weighted by atomic mass is 9.77. The van der Waals surface area contributed by atoms with E-state index >= 15 is 0 Å². The zero-order valence-electron chi connectivity index (χ0n) is 31.4. The van der Waals surface area contributed by atoms with Crippen molar-refractivity contribution in [2.24, 2.45) is 0 Å². The highest BCUT2D eigenvalue weighted by Crippen LogP contribution is 2.57. The zero-order valence-corrected chi connectivity index (χ0v) is 31.4. The molecule has 0 N–H and O–H groups in total. The lowest BCUT2D eigenvalue weighted by Crippen LogP contribution is -2.20. The van der Waals surface area contributed by atoms with Gasteiger partial charge in [-0.25, -0.2) is 0 Å². The van der Waals surface area contributed by atoms with Crippen molar-refractivity contribution in [3.05, 3.63) is 181 Å². The Morgan fingerprint density at radius 3 is 2.13 bits per heavy atom. The molecule has 0 bridgehead atoms. The highest BCUT2D eigenvalue weighted by molar-refractivity contribution is 6.31. The van der Waals surface area contributed by atoms with Crippen LogP contribution in [0.15, 0.2) is 164 Å². The van der Waals surface area contributed by atoms with Crippen molar-refractivity contribution >= 4 is 54.5 Å². The van der Waals surface area contributed by atoms with Crippen LogP contribution in [0.4, 0.5) is 11.4 Å². The molecule has 0 atom stereocenters. The molecule has 0 aliphatic heterocycles. The fourth-order valence-corrected chi connectivity index (χ4v) is 9.00. The Morgan fingerprint density at radius 2 is 1.32 bits per heavy atom. The van der Waals surface area contributed by atoms with Gasteiger partial charge in [-0.3, -0.25) is 0 Å². The summed E-state index contributed by atoms with van der Waals surface area (Å²) in [6.07, 6.45) is 10.2. The molecule has 0 spiro atoms. The molecule has 1 aliphatic rings. The van der Waals surface area contributed by atoms with E-state index in [1.54, 1.807) is 0 Å². The first-order chi connectivity index (χ1) is 25.7. The van der Waals surface area contributed by atoms with E-state index in [0.717, 1.165) is 6.54 Å². The van der Waals surface area contributed by atoms with Crippen LogP contribution in [-0.2, 0) is 10.8 Å². The number of benzene rings is 8. The van der Waals surface area contributed by atoms with Crippen LogP contribution in [0.1, 0.15) is 51.3 Å². The van der Waals surface area contributed by atoms with E-state index in [4.69, 9.17) is 0 Å². The van der Waals surface area contributed by atoms with Crippen LogP contribution in [0.25, 0.3) is 65.3 Å². The second-order valence-corrected chi connectivity index (χ2v) is 16.1. The molecular formula is C52H45N. The highest BCUT2D eigenvalue weighted by Gasteiger charge is 2.39. The molecule has 0 saturated carbocycles. The third kappa shape index (κ3) is 5.21. The number of rotatable bonds is 7. The van der Waals surface area contributed by atoms with Gasteiger partial charge in [-0.1, -0.05) is 175 Å². The van der Waals surface area contributed by atoms with Crippen molar-refractivity contribution < 1.29 is 0 Å². The van der Waals surface area contributed by atoms with Crippen LogP contribution in [0, 0.1) is 0 Å². The van der Waals surface area contributed by atoms with Crippen LogP contribution < -0.4 is 4.90 Å². The summed E-state index contributed by atoms with van der Waals surface area (Å²) in [4.78, 5) is 2.46. The number of anilines is 2. The minimum absolute atomic E-state index is 0.115. The normalized spacial score (nSPS) is 13.9. The average Bonchev–Trinajstić information content (AvgIpc) is 3.41. The van der Waals surface area contributed by atoms with Gasteiger partial charge < -0.3 is 4.90 Å². The Bertz CT molecular complexity index is 2760. The Labute approximate surface area is 313 Å². The summed E-state index contributed by atoms with van der Waals surface area (Å²) in [5.74, 6) is 0. The van der Waals surface area contributed by atoms with Gasteiger partial charge in [0.15, 0.2) is 0 Å². The summed E-state index contributed by atoms with van der Waals surface area (Å²) in [5.41, 5.74) is 11.8. The Kier molecular flexibility index (Phi) is 7.68. The molecule has 0 aromatic heterocycles. The first kappa shape index (κ1) is 33.0. The molecule has 8 aromatic carbocycles. The molecule has 1 heteroatoms. The molecule has 0 radical (unpaired) electrons. The van der Waals surface area contributed by atoms with Gasteiger partial charge in [0.05, 0.1) is 0 Å². The zero-order chi connectivity index (χ0) is 36.5. The molecule has 0 amide bonds. The van der Waals surface area contributed by atoms with Crippen LogP contribution in [0.3, 0.4) is 0 Å². The van der Waals surface area contributed by atoms with Crippen molar-refractivity contribution in [3.8, 4) is 22.3 Å². The van der Waals surface area contributed by atoms with Gasteiger partial charge in [0.2, 0.25) is 0 Å². The second-order valence-electron chi connectivity index (χ2n) is 16.1. The molecule has 0 saturated heterocycles. The Balaban J connectivity index is 1.25. The number of nitrogens with zero attached hydrogens (tertiary/aromatic N) is 1. The third-order valence-electron chi connectivity index (χ3n) is 11.6. The summed E-state index contributed by atoms with van der Waals surface area (Å²) in [6.45, 7) is 16.3. The first-order valence-electron chi connectivity index (χ1n) is 18.9. The van der Waals surface area contributed by atoms with Crippen LogP contribution in [0.5, 0.6) is 0 Å². The SMILES string of the molecule is C=C/C=C\C=C/CN(c1ccc2c(c1)C(C)(C)c1c-2c2cccc3cc(-c4ccc(C(C)(C)C)cc4)c4cccc1c4c32)c1cccc2ccccc12. The van der Waals surface area contributed by atoms with E-state index in [1.165, 1.54) is 93.4 Å². The van der Waals surface area contributed by atoms with E-state index < -0.39 is 0 Å². The molecule has 0 fully saturated rings. The van der Waals surface area contributed by atoms with E-state index in [2.05, 4.69) is 186 Å². The van der Waals surface area contributed by atoms with Gasteiger partial charge in [-0.05, 0) is 106 Å². The topological polar surface area (TPSA) is 3.24 Å². The summed E-state index contributed by atoms with van der Waals surface area (Å²) in [7, 11) is 0. The number of hydrogen-bond donors (Lipinski definition) is 0. The van der Waals surface area contributed by atoms with Gasteiger partial charge in [-0.2, -0.15) is 0 Å². The fraction of sp³-hybridized carbons (Fsp3) is 0.154. The van der Waals surface area contributed by atoms with Gasteiger partial charge >= 0.3 is 0 Å². The Hall–Kier alpha value is -5.92. The molecule has 0 unspecified atom stereocenters. The summed E-state index contributed by atoms with van der Waals surface area (Å²) >= 11 is 0. The van der Waals surface area contributed by atoms with E-state index in [1.807, 2.05) is 18.2 Å². The van der Waals surface area contributed by atoms with E-state index in [9.17, 15) is 0 Å². The molecule has 53 heavy (non-hydrogen) atoms. The lowest BCUT2D eigenvalue weighted by molar-refractivity contribution is 0.590. The summed E-state index contributed by atoms with van der Waals surface area (Å²) in [5, 5.41) is 10.6. The van der Waals surface area contributed by atoms with Gasteiger partial charge in [0.1, 0.15) is 0 Å². The molecule has 1 nitrogen and oxygen atoms in total. The standard InChI is InChI=1S/C52H45N/c1-7-8-9-10-13-31-53(46-24-15-18-34-17-11-12-20-39(34)46)38-29-30-41-45(33-38)52(5,6)50-43-23-16-21-40-44(35-25-27-37(28-26-35)51(2,3)4)32-36-19-14-22-42(49(41)50)47(36)48(40)43/h7-30,32-33H,1,31H2,2-6H3/b9-8-,13-10-. The molecular weight excluding hydrogens is 639 g/mol.